The topological polar surface area (TPSA) is 29.5 Å². The maximum atomic E-state index is 9.63. The summed E-state index contributed by atoms with van der Waals surface area (Å²) in [6, 6.07) is 5.36. The van der Waals surface area contributed by atoms with Crippen molar-refractivity contribution in [2.24, 2.45) is 0 Å². The second-order valence-corrected chi connectivity index (χ2v) is 4.23. The summed E-state index contributed by atoms with van der Waals surface area (Å²) in [5.74, 6) is 1.19. The van der Waals surface area contributed by atoms with Gasteiger partial charge in [0.15, 0.2) is 0 Å². The van der Waals surface area contributed by atoms with Crippen LogP contribution in [0.2, 0.25) is 0 Å². The molecule has 2 heteroatoms. The number of phenolic OH excluding ortho intramolecular Hbond substituents is 1. The number of phenols is 1. The lowest BCUT2D eigenvalue weighted by molar-refractivity contribution is 0.343. The number of methoxy groups -OCH3 is 1. The third-order valence-electron chi connectivity index (χ3n) is 3.78. The molecule has 1 N–H and O–H groups in total. The van der Waals surface area contributed by atoms with Crippen LogP contribution in [0.1, 0.15) is 45.6 Å². The van der Waals surface area contributed by atoms with Gasteiger partial charge in [0.2, 0.25) is 0 Å². The van der Waals surface area contributed by atoms with Gasteiger partial charge < -0.3 is 9.84 Å². The van der Waals surface area contributed by atoms with E-state index >= 15 is 0 Å². The van der Waals surface area contributed by atoms with Crippen molar-refractivity contribution in [1.82, 2.24) is 0 Å². The Morgan fingerprint density at radius 1 is 1.12 bits per heavy atom. The lowest BCUT2D eigenvalue weighted by Crippen LogP contribution is -2.24. The third kappa shape index (κ3) is 2.16. The SMILES string of the molecule is CCC(CC)(CC)c1cc(O)ccc1OC. The zero-order chi connectivity index (χ0) is 12.2. The van der Waals surface area contributed by atoms with Gasteiger partial charge in [-0.1, -0.05) is 20.8 Å². The van der Waals surface area contributed by atoms with E-state index in [-0.39, 0.29) is 5.41 Å². The molecule has 0 aliphatic heterocycles. The minimum atomic E-state index is 0.115. The molecule has 0 unspecified atom stereocenters. The van der Waals surface area contributed by atoms with E-state index in [2.05, 4.69) is 20.8 Å². The largest absolute Gasteiger partial charge is 0.508 e. The first kappa shape index (κ1) is 12.9. The minimum absolute atomic E-state index is 0.115. The van der Waals surface area contributed by atoms with Gasteiger partial charge >= 0.3 is 0 Å². The van der Waals surface area contributed by atoms with Gasteiger partial charge in [-0.15, -0.1) is 0 Å². The normalized spacial score (nSPS) is 11.5. The maximum absolute atomic E-state index is 9.63. The van der Waals surface area contributed by atoms with Gasteiger partial charge in [-0.05, 0) is 42.9 Å². The Labute approximate surface area is 98.3 Å². The summed E-state index contributed by atoms with van der Waals surface area (Å²) in [6.45, 7) is 6.57. The van der Waals surface area contributed by atoms with Crippen LogP contribution in [-0.2, 0) is 5.41 Å². The summed E-state index contributed by atoms with van der Waals surface area (Å²) >= 11 is 0. The molecule has 90 valence electrons. The van der Waals surface area contributed by atoms with Crippen LogP contribution in [0, 0.1) is 0 Å². The molecular weight excluding hydrogens is 200 g/mol. The van der Waals surface area contributed by atoms with E-state index in [4.69, 9.17) is 4.74 Å². The Hall–Kier alpha value is -1.18. The van der Waals surface area contributed by atoms with Crippen LogP contribution in [0.3, 0.4) is 0 Å². The quantitative estimate of drug-likeness (QED) is 0.819. The molecule has 0 saturated heterocycles. The van der Waals surface area contributed by atoms with Crippen molar-refractivity contribution in [2.75, 3.05) is 7.11 Å². The molecule has 0 saturated carbocycles. The molecule has 0 spiro atoms. The highest BCUT2D eigenvalue weighted by atomic mass is 16.5. The van der Waals surface area contributed by atoms with Gasteiger partial charge in [0.1, 0.15) is 11.5 Å². The molecule has 0 aliphatic carbocycles. The van der Waals surface area contributed by atoms with Crippen molar-refractivity contribution in [2.45, 2.75) is 45.4 Å². The average molecular weight is 222 g/mol. The first-order chi connectivity index (χ1) is 7.63. The van der Waals surface area contributed by atoms with Crippen LogP contribution in [0.4, 0.5) is 0 Å². The molecular formula is C14H22O2. The van der Waals surface area contributed by atoms with Crippen LogP contribution in [0.15, 0.2) is 18.2 Å². The van der Waals surface area contributed by atoms with Crippen molar-refractivity contribution in [3.05, 3.63) is 23.8 Å². The average Bonchev–Trinajstić information content (AvgIpc) is 2.32. The van der Waals surface area contributed by atoms with Crippen molar-refractivity contribution in [3.8, 4) is 11.5 Å². The second kappa shape index (κ2) is 5.24. The Morgan fingerprint density at radius 2 is 1.69 bits per heavy atom. The summed E-state index contributed by atoms with van der Waals surface area (Å²) in [5, 5.41) is 9.63. The summed E-state index contributed by atoms with van der Waals surface area (Å²) in [6.07, 6.45) is 3.17. The molecule has 0 atom stereocenters. The van der Waals surface area contributed by atoms with Crippen molar-refractivity contribution < 1.29 is 9.84 Å². The van der Waals surface area contributed by atoms with Gasteiger partial charge in [-0.2, -0.15) is 0 Å². The predicted octanol–water partition coefficient (Wildman–Crippen LogP) is 3.87. The minimum Gasteiger partial charge on any atom is -0.508 e. The Bertz CT molecular complexity index is 332. The van der Waals surface area contributed by atoms with Crippen LogP contribution in [0.25, 0.3) is 0 Å². The molecule has 0 amide bonds. The van der Waals surface area contributed by atoms with Crippen molar-refractivity contribution in [3.63, 3.8) is 0 Å². The molecule has 0 heterocycles. The maximum Gasteiger partial charge on any atom is 0.122 e. The van der Waals surface area contributed by atoms with E-state index in [9.17, 15) is 5.11 Å². The fourth-order valence-electron chi connectivity index (χ4n) is 2.43. The Morgan fingerprint density at radius 3 is 2.12 bits per heavy atom. The second-order valence-electron chi connectivity index (χ2n) is 4.23. The van der Waals surface area contributed by atoms with E-state index in [1.165, 1.54) is 0 Å². The summed E-state index contributed by atoms with van der Waals surface area (Å²) in [7, 11) is 1.68. The molecule has 2 nitrogen and oxygen atoms in total. The standard InChI is InChI=1S/C14H22O2/c1-5-14(6-2,7-3)12-10-11(15)8-9-13(12)16-4/h8-10,15H,5-7H2,1-4H3. The molecule has 0 aliphatic rings. The van der Waals surface area contributed by atoms with Gasteiger partial charge in [0, 0.05) is 5.56 Å². The highest BCUT2D eigenvalue weighted by Gasteiger charge is 2.29. The van der Waals surface area contributed by atoms with E-state index in [1.807, 2.05) is 12.1 Å². The molecule has 0 radical (unpaired) electrons. The van der Waals surface area contributed by atoms with E-state index in [1.54, 1.807) is 13.2 Å². The zero-order valence-electron chi connectivity index (χ0n) is 10.7. The number of benzene rings is 1. The van der Waals surface area contributed by atoms with Crippen LogP contribution >= 0.6 is 0 Å². The molecule has 0 fully saturated rings. The van der Waals surface area contributed by atoms with Gasteiger partial charge in [-0.3, -0.25) is 0 Å². The molecule has 0 bridgehead atoms. The highest BCUT2D eigenvalue weighted by molar-refractivity contribution is 5.44. The first-order valence-corrected chi connectivity index (χ1v) is 6.01. The van der Waals surface area contributed by atoms with Crippen LogP contribution < -0.4 is 4.74 Å². The van der Waals surface area contributed by atoms with Crippen molar-refractivity contribution in [1.29, 1.82) is 0 Å². The van der Waals surface area contributed by atoms with Crippen LogP contribution in [-0.4, -0.2) is 12.2 Å². The van der Waals surface area contributed by atoms with Crippen LogP contribution in [0.5, 0.6) is 11.5 Å². The van der Waals surface area contributed by atoms with E-state index in [0.29, 0.717) is 5.75 Å². The number of hydrogen-bond acceptors (Lipinski definition) is 2. The lowest BCUT2D eigenvalue weighted by Gasteiger charge is -2.32. The fourth-order valence-corrected chi connectivity index (χ4v) is 2.43. The van der Waals surface area contributed by atoms with Gasteiger partial charge in [0.25, 0.3) is 0 Å². The molecule has 1 aromatic carbocycles. The third-order valence-corrected chi connectivity index (χ3v) is 3.78. The predicted molar refractivity (Wildman–Crippen MR) is 67.2 cm³/mol. The monoisotopic (exact) mass is 222 g/mol. The number of hydrogen-bond donors (Lipinski definition) is 1. The number of ether oxygens (including phenoxy) is 1. The number of rotatable bonds is 5. The summed E-state index contributed by atoms with van der Waals surface area (Å²) in [5.41, 5.74) is 1.24. The van der Waals surface area contributed by atoms with Gasteiger partial charge in [0.05, 0.1) is 7.11 Å². The summed E-state index contributed by atoms with van der Waals surface area (Å²) < 4.78 is 5.40. The Kier molecular flexibility index (Phi) is 4.22. The molecule has 0 aromatic heterocycles. The first-order valence-electron chi connectivity index (χ1n) is 6.01. The van der Waals surface area contributed by atoms with E-state index in [0.717, 1.165) is 30.6 Å². The lowest BCUT2D eigenvalue weighted by atomic mass is 9.73. The highest BCUT2D eigenvalue weighted by Crippen LogP contribution is 2.41. The summed E-state index contributed by atoms with van der Waals surface area (Å²) in [4.78, 5) is 0. The van der Waals surface area contributed by atoms with E-state index < -0.39 is 0 Å². The van der Waals surface area contributed by atoms with Gasteiger partial charge in [-0.25, -0.2) is 0 Å². The smallest absolute Gasteiger partial charge is 0.122 e. The molecule has 1 rings (SSSR count). The van der Waals surface area contributed by atoms with Crippen molar-refractivity contribution >= 4 is 0 Å². The fraction of sp³-hybridized carbons (Fsp3) is 0.571. The number of aromatic hydroxyl groups is 1. The molecule has 1 aromatic rings. The Balaban J connectivity index is 3.32. The zero-order valence-corrected chi connectivity index (χ0v) is 10.7. The molecule has 16 heavy (non-hydrogen) atoms.